The minimum absolute atomic E-state index is 0.304. The van der Waals surface area contributed by atoms with E-state index in [1.54, 1.807) is 0 Å². The van der Waals surface area contributed by atoms with E-state index in [4.69, 9.17) is 10.5 Å². The molecule has 0 bridgehead atoms. The highest BCUT2D eigenvalue weighted by atomic mass is 16.5. The molecule has 0 heterocycles. The Bertz CT molecular complexity index is 160. The van der Waals surface area contributed by atoms with E-state index in [2.05, 4.69) is 0 Å². The van der Waals surface area contributed by atoms with Crippen LogP contribution in [0.5, 0.6) is 0 Å². The normalized spacial score (nSPS) is 27.2. The fourth-order valence-corrected chi connectivity index (χ4v) is 2.82. The molecule has 0 saturated heterocycles. The second kappa shape index (κ2) is 5.13. The van der Waals surface area contributed by atoms with Crippen molar-refractivity contribution in [1.29, 1.82) is 0 Å². The van der Waals surface area contributed by atoms with Crippen molar-refractivity contribution >= 4 is 0 Å². The van der Waals surface area contributed by atoms with Crippen molar-refractivity contribution in [3.8, 4) is 0 Å². The van der Waals surface area contributed by atoms with Gasteiger partial charge in [0.15, 0.2) is 0 Å². The molecule has 2 aliphatic carbocycles. The zero-order chi connectivity index (χ0) is 9.80. The van der Waals surface area contributed by atoms with Crippen LogP contribution >= 0.6 is 0 Å². The molecular weight excluding hydrogens is 174 g/mol. The zero-order valence-electron chi connectivity index (χ0n) is 9.08. The summed E-state index contributed by atoms with van der Waals surface area (Å²) in [6.07, 6.45) is 11.2. The van der Waals surface area contributed by atoms with E-state index >= 15 is 0 Å². The summed E-state index contributed by atoms with van der Waals surface area (Å²) in [6, 6.07) is 0.304. The molecule has 0 aromatic rings. The Balaban J connectivity index is 1.63. The number of nitrogens with two attached hydrogens (primary N) is 1. The third-order valence-electron chi connectivity index (χ3n) is 3.83. The SMILES string of the molecule is NC(COC1CCCC1)C1CCCC1. The first-order valence-electron chi connectivity index (χ1n) is 6.23. The van der Waals surface area contributed by atoms with Crippen molar-refractivity contribution in [3.63, 3.8) is 0 Å². The van der Waals surface area contributed by atoms with Crippen LogP contribution in [0.15, 0.2) is 0 Å². The molecule has 0 amide bonds. The van der Waals surface area contributed by atoms with Gasteiger partial charge in [-0.1, -0.05) is 25.7 Å². The number of rotatable bonds is 4. The highest BCUT2D eigenvalue weighted by Crippen LogP contribution is 2.28. The Hall–Kier alpha value is -0.0800. The smallest absolute Gasteiger partial charge is 0.0623 e. The van der Waals surface area contributed by atoms with Crippen LogP contribution in [0.1, 0.15) is 51.4 Å². The van der Waals surface area contributed by atoms with E-state index in [9.17, 15) is 0 Å². The molecule has 2 nitrogen and oxygen atoms in total. The standard InChI is InChI=1S/C12H23NO/c13-12(10-5-1-2-6-10)9-14-11-7-3-4-8-11/h10-12H,1-9,13H2. The van der Waals surface area contributed by atoms with Gasteiger partial charge < -0.3 is 10.5 Å². The molecule has 1 unspecified atom stereocenters. The quantitative estimate of drug-likeness (QED) is 0.751. The summed E-state index contributed by atoms with van der Waals surface area (Å²) in [6.45, 7) is 0.801. The monoisotopic (exact) mass is 197 g/mol. The van der Waals surface area contributed by atoms with Crippen molar-refractivity contribution in [1.82, 2.24) is 0 Å². The van der Waals surface area contributed by atoms with Crippen molar-refractivity contribution < 1.29 is 4.74 Å². The number of hydrogen-bond acceptors (Lipinski definition) is 2. The molecule has 0 aliphatic heterocycles. The molecule has 2 aliphatic rings. The summed E-state index contributed by atoms with van der Waals surface area (Å²) < 4.78 is 5.85. The summed E-state index contributed by atoms with van der Waals surface area (Å²) in [5.41, 5.74) is 6.13. The molecule has 2 rings (SSSR count). The average Bonchev–Trinajstić information content (AvgIpc) is 2.87. The second-order valence-electron chi connectivity index (χ2n) is 4.95. The van der Waals surface area contributed by atoms with E-state index in [1.165, 1.54) is 51.4 Å². The van der Waals surface area contributed by atoms with Gasteiger partial charge in [-0.2, -0.15) is 0 Å². The highest BCUT2D eigenvalue weighted by Gasteiger charge is 2.23. The molecule has 1 atom stereocenters. The summed E-state index contributed by atoms with van der Waals surface area (Å²) in [5, 5.41) is 0. The van der Waals surface area contributed by atoms with Crippen molar-refractivity contribution in [2.45, 2.75) is 63.5 Å². The molecule has 0 aromatic carbocycles. The minimum atomic E-state index is 0.304. The van der Waals surface area contributed by atoms with Gasteiger partial charge in [-0.05, 0) is 31.6 Å². The van der Waals surface area contributed by atoms with Crippen LogP contribution < -0.4 is 5.73 Å². The van der Waals surface area contributed by atoms with Crippen LogP contribution in [-0.2, 0) is 4.74 Å². The maximum absolute atomic E-state index is 6.13. The number of ether oxygens (including phenoxy) is 1. The van der Waals surface area contributed by atoms with Gasteiger partial charge in [0, 0.05) is 6.04 Å². The lowest BCUT2D eigenvalue weighted by Crippen LogP contribution is -2.34. The van der Waals surface area contributed by atoms with E-state index in [0.29, 0.717) is 12.1 Å². The predicted octanol–water partition coefficient (Wildman–Crippen LogP) is 2.46. The minimum Gasteiger partial charge on any atom is -0.377 e. The van der Waals surface area contributed by atoms with E-state index in [1.807, 2.05) is 0 Å². The summed E-state index contributed by atoms with van der Waals surface area (Å²) >= 11 is 0. The Morgan fingerprint density at radius 3 is 2.21 bits per heavy atom. The maximum Gasteiger partial charge on any atom is 0.0623 e. The van der Waals surface area contributed by atoms with Crippen molar-refractivity contribution in [2.24, 2.45) is 11.7 Å². The zero-order valence-corrected chi connectivity index (χ0v) is 9.08. The Labute approximate surface area is 87.2 Å². The maximum atomic E-state index is 6.13. The molecule has 14 heavy (non-hydrogen) atoms. The van der Waals surface area contributed by atoms with E-state index < -0.39 is 0 Å². The first-order chi connectivity index (χ1) is 6.86. The fraction of sp³-hybridized carbons (Fsp3) is 1.00. The first kappa shape index (κ1) is 10.4. The molecule has 2 N–H and O–H groups in total. The van der Waals surface area contributed by atoms with Gasteiger partial charge in [0.25, 0.3) is 0 Å². The first-order valence-corrected chi connectivity index (χ1v) is 6.23. The summed E-state index contributed by atoms with van der Waals surface area (Å²) in [4.78, 5) is 0. The van der Waals surface area contributed by atoms with Gasteiger partial charge in [0.1, 0.15) is 0 Å². The highest BCUT2D eigenvalue weighted by molar-refractivity contribution is 4.78. The summed E-state index contributed by atoms with van der Waals surface area (Å²) in [5.74, 6) is 0.747. The van der Waals surface area contributed by atoms with Crippen LogP contribution in [0.4, 0.5) is 0 Å². The number of hydrogen-bond donors (Lipinski definition) is 1. The molecular formula is C12H23NO. The van der Waals surface area contributed by atoms with Crippen LogP contribution in [0.3, 0.4) is 0 Å². The lowest BCUT2D eigenvalue weighted by Gasteiger charge is -2.21. The molecule has 2 heteroatoms. The predicted molar refractivity (Wildman–Crippen MR) is 58.1 cm³/mol. The molecule has 0 radical (unpaired) electrons. The molecule has 0 aromatic heterocycles. The third-order valence-corrected chi connectivity index (χ3v) is 3.83. The molecule has 2 saturated carbocycles. The Morgan fingerprint density at radius 1 is 1.00 bits per heavy atom. The van der Waals surface area contributed by atoms with Gasteiger partial charge in [0.2, 0.25) is 0 Å². The molecule has 2 fully saturated rings. The van der Waals surface area contributed by atoms with Gasteiger partial charge in [-0.3, -0.25) is 0 Å². The van der Waals surface area contributed by atoms with Gasteiger partial charge >= 0.3 is 0 Å². The topological polar surface area (TPSA) is 35.2 Å². The van der Waals surface area contributed by atoms with Crippen molar-refractivity contribution in [3.05, 3.63) is 0 Å². The average molecular weight is 197 g/mol. The van der Waals surface area contributed by atoms with Crippen LogP contribution in [0.2, 0.25) is 0 Å². The third kappa shape index (κ3) is 2.71. The van der Waals surface area contributed by atoms with Crippen molar-refractivity contribution in [2.75, 3.05) is 6.61 Å². The van der Waals surface area contributed by atoms with Crippen LogP contribution in [0, 0.1) is 5.92 Å². The molecule has 82 valence electrons. The van der Waals surface area contributed by atoms with E-state index in [-0.39, 0.29) is 0 Å². The second-order valence-corrected chi connectivity index (χ2v) is 4.95. The summed E-state index contributed by atoms with van der Waals surface area (Å²) in [7, 11) is 0. The molecule has 0 spiro atoms. The largest absolute Gasteiger partial charge is 0.377 e. The van der Waals surface area contributed by atoms with Crippen LogP contribution in [0.25, 0.3) is 0 Å². The lowest BCUT2D eigenvalue weighted by atomic mass is 10.00. The Kier molecular flexibility index (Phi) is 3.82. The van der Waals surface area contributed by atoms with Gasteiger partial charge in [0.05, 0.1) is 12.7 Å². The van der Waals surface area contributed by atoms with Gasteiger partial charge in [-0.15, -0.1) is 0 Å². The fourth-order valence-electron chi connectivity index (χ4n) is 2.82. The van der Waals surface area contributed by atoms with Crippen LogP contribution in [-0.4, -0.2) is 18.8 Å². The Morgan fingerprint density at radius 2 is 1.57 bits per heavy atom. The van der Waals surface area contributed by atoms with E-state index in [0.717, 1.165) is 12.5 Å². The van der Waals surface area contributed by atoms with Gasteiger partial charge in [-0.25, -0.2) is 0 Å². The lowest BCUT2D eigenvalue weighted by molar-refractivity contribution is 0.0398.